The van der Waals surface area contributed by atoms with E-state index in [-0.39, 0.29) is 11.7 Å². The van der Waals surface area contributed by atoms with Crippen molar-refractivity contribution in [2.75, 3.05) is 33.6 Å². The van der Waals surface area contributed by atoms with Crippen LogP contribution >= 0.6 is 11.8 Å². The average molecular weight is 442 g/mol. The lowest BCUT2D eigenvalue weighted by atomic mass is 10.00. The van der Waals surface area contributed by atoms with Crippen LogP contribution < -0.4 is 14.2 Å². The Balaban J connectivity index is 1.42. The highest BCUT2D eigenvalue weighted by molar-refractivity contribution is 7.99. The maximum atomic E-state index is 12.7. The number of fused-ring (bicyclic) bond motifs is 1. The zero-order valence-corrected chi connectivity index (χ0v) is 18.4. The summed E-state index contributed by atoms with van der Waals surface area (Å²) >= 11 is 1.23. The first kappa shape index (κ1) is 21.0. The Labute approximate surface area is 184 Å². The molecule has 31 heavy (non-hydrogen) atoms. The summed E-state index contributed by atoms with van der Waals surface area (Å²) in [5.74, 6) is 2.05. The van der Waals surface area contributed by atoms with E-state index in [9.17, 15) is 4.79 Å². The largest absolute Gasteiger partial charge is 0.493 e. The van der Waals surface area contributed by atoms with Crippen molar-refractivity contribution in [3.8, 4) is 28.7 Å². The highest BCUT2D eigenvalue weighted by atomic mass is 32.2. The van der Waals surface area contributed by atoms with Crippen LogP contribution in [0.2, 0.25) is 0 Å². The van der Waals surface area contributed by atoms with Gasteiger partial charge in [0.15, 0.2) is 11.5 Å². The Morgan fingerprint density at radius 2 is 1.77 bits per heavy atom. The van der Waals surface area contributed by atoms with E-state index < -0.39 is 0 Å². The molecule has 0 spiro atoms. The molecule has 162 valence electrons. The van der Waals surface area contributed by atoms with Crippen molar-refractivity contribution < 1.29 is 23.4 Å². The van der Waals surface area contributed by atoms with Crippen molar-refractivity contribution in [1.82, 2.24) is 15.1 Å². The molecule has 3 aromatic rings. The van der Waals surface area contributed by atoms with Gasteiger partial charge in [0.2, 0.25) is 17.5 Å². The molecule has 1 aromatic heterocycles. The third-order valence-corrected chi connectivity index (χ3v) is 5.92. The molecule has 0 bridgehead atoms. The number of rotatable bonds is 7. The van der Waals surface area contributed by atoms with Gasteiger partial charge < -0.3 is 23.5 Å². The van der Waals surface area contributed by atoms with Crippen LogP contribution in [0.25, 0.3) is 11.5 Å². The summed E-state index contributed by atoms with van der Waals surface area (Å²) in [6.45, 7) is 1.35. The number of ether oxygens (including phenoxy) is 3. The molecule has 0 aliphatic carbocycles. The van der Waals surface area contributed by atoms with Crippen molar-refractivity contribution in [1.29, 1.82) is 0 Å². The second kappa shape index (κ2) is 9.30. The monoisotopic (exact) mass is 441 g/mol. The predicted octanol–water partition coefficient (Wildman–Crippen LogP) is 3.44. The third-order valence-electron chi connectivity index (χ3n) is 5.12. The van der Waals surface area contributed by atoms with Gasteiger partial charge in [-0.25, -0.2) is 0 Å². The summed E-state index contributed by atoms with van der Waals surface area (Å²) in [7, 11) is 4.63. The summed E-state index contributed by atoms with van der Waals surface area (Å²) in [4.78, 5) is 14.5. The Morgan fingerprint density at radius 3 is 2.45 bits per heavy atom. The maximum Gasteiger partial charge on any atom is 0.277 e. The normalized spacial score (nSPS) is 12.9. The Hall–Kier alpha value is -3.20. The molecule has 0 saturated carbocycles. The molecule has 1 aliphatic rings. The van der Waals surface area contributed by atoms with E-state index in [1.54, 1.807) is 33.5 Å². The van der Waals surface area contributed by atoms with E-state index in [2.05, 4.69) is 22.3 Å². The third kappa shape index (κ3) is 4.46. The molecule has 9 heteroatoms. The standard InChI is InChI=1S/C22H23N3O5S/c1-27-17-10-16(11-18(28-2)20(17)29-3)21-23-24-22(30-21)31-13-19(26)25-9-8-14-6-4-5-7-15(14)12-25/h4-7,10-11H,8-9,12-13H2,1-3H3. The number of methoxy groups -OCH3 is 3. The van der Waals surface area contributed by atoms with Gasteiger partial charge in [0.05, 0.1) is 27.1 Å². The first-order chi connectivity index (χ1) is 15.1. The molecule has 2 aromatic carbocycles. The van der Waals surface area contributed by atoms with Crippen molar-refractivity contribution >= 4 is 17.7 Å². The van der Waals surface area contributed by atoms with Gasteiger partial charge in [-0.2, -0.15) is 0 Å². The number of hydrogen-bond acceptors (Lipinski definition) is 8. The Morgan fingerprint density at radius 1 is 1.06 bits per heavy atom. The number of carbonyl (C=O) groups is 1. The molecule has 0 unspecified atom stereocenters. The number of hydrogen-bond donors (Lipinski definition) is 0. The van der Waals surface area contributed by atoms with Gasteiger partial charge >= 0.3 is 0 Å². The molecule has 0 atom stereocenters. The van der Waals surface area contributed by atoms with E-state index >= 15 is 0 Å². The van der Waals surface area contributed by atoms with Gasteiger partial charge in [-0.05, 0) is 29.7 Å². The maximum absolute atomic E-state index is 12.7. The smallest absolute Gasteiger partial charge is 0.277 e. The lowest BCUT2D eigenvalue weighted by Gasteiger charge is -2.28. The summed E-state index contributed by atoms with van der Waals surface area (Å²) < 4.78 is 21.8. The van der Waals surface area contributed by atoms with Crippen LogP contribution in [0.15, 0.2) is 46.0 Å². The zero-order valence-electron chi connectivity index (χ0n) is 17.6. The highest BCUT2D eigenvalue weighted by Gasteiger charge is 2.22. The van der Waals surface area contributed by atoms with E-state index in [4.69, 9.17) is 18.6 Å². The fourth-order valence-corrected chi connectivity index (χ4v) is 4.18. The summed E-state index contributed by atoms with van der Waals surface area (Å²) in [6, 6.07) is 11.7. The molecule has 1 aliphatic heterocycles. The SMILES string of the molecule is COc1cc(-c2nnc(SCC(=O)N3CCc4ccccc4C3)o2)cc(OC)c1OC. The molecule has 0 N–H and O–H groups in total. The first-order valence-corrected chi connectivity index (χ1v) is 10.7. The van der Waals surface area contributed by atoms with Crippen LogP contribution in [-0.4, -0.2) is 54.6 Å². The summed E-state index contributed by atoms with van der Waals surface area (Å²) in [5.41, 5.74) is 3.15. The van der Waals surface area contributed by atoms with Crippen LogP contribution in [0.4, 0.5) is 0 Å². The van der Waals surface area contributed by atoms with Gasteiger partial charge in [0.25, 0.3) is 5.22 Å². The summed E-state index contributed by atoms with van der Waals surface area (Å²) in [6.07, 6.45) is 0.873. The Bertz CT molecular complexity index is 1060. The van der Waals surface area contributed by atoms with E-state index in [0.717, 1.165) is 13.0 Å². The van der Waals surface area contributed by atoms with Crippen LogP contribution in [0.5, 0.6) is 17.2 Å². The zero-order chi connectivity index (χ0) is 21.8. The number of aromatic nitrogens is 2. The minimum atomic E-state index is 0.0482. The van der Waals surface area contributed by atoms with Crippen LogP contribution in [0, 0.1) is 0 Å². The highest BCUT2D eigenvalue weighted by Crippen LogP contribution is 2.41. The van der Waals surface area contributed by atoms with Crippen LogP contribution in [0.1, 0.15) is 11.1 Å². The molecule has 8 nitrogen and oxygen atoms in total. The van der Waals surface area contributed by atoms with Gasteiger partial charge in [-0.1, -0.05) is 36.0 Å². The molecule has 4 rings (SSSR count). The van der Waals surface area contributed by atoms with Crippen molar-refractivity contribution in [3.63, 3.8) is 0 Å². The second-order valence-electron chi connectivity index (χ2n) is 6.91. The first-order valence-electron chi connectivity index (χ1n) is 9.74. The quantitative estimate of drug-likeness (QED) is 0.516. The summed E-state index contributed by atoms with van der Waals surface area (Å²) in [5, 5.41) is 8.49. The number of nitrogens with zero attached hydrogens (tertiary/aromatic N) is 3. The average Bonchev–Trinajstić information content (AvgIpc) is 3.30. The topological polar surface area (TPSA) is 86.9 Å². The molecule has 1 amide bonds. The van der Waals surface area contributed by atoms with Gasteiger partial charge in [0.1, 0.15) is 0 Å². The molecule has 2 heterocycles. The fourth-order valence-electron chi connectivity index (χ4n) is 3.51. The van der Waals surface area contributed by atoms with Gasteiger partial charge in [0, 0.05) is 18.7 Å². The number of benzene rings is 2. The van der Waals surface area contributed by atoms with Crippen molar-refractivity contribution in [2.45, 2.75) is 18.2 Å². The molecular formula is C22H23N3O5S. The minimum absolute atomic E-state index is 0.0482. The molecule has 0 fully saturated rings. The van der Waals surface area contributed by atoms with Gasteiger partial charge in [-0.15, -0.1) is 10.2 Å². The second-order valence-corrected chi connectivity index (χ2v) is 7.84. The minimum Gasteiger partial charge on any atom is -0.493 e. The molecular weight excluding hydrogens is 418 g/mol. The van der Waals surface area contributed by atoms with Crippen LogP contribution in [-0.2, 0) is 17.8 Å². The van der Waals surface area contributed by atoms with Crippen molar-refractivity contribution in [3.05, 3.63) is 47.5 Å². The van der Waals surface area contributed by atoms with Crippen molar-refractivity contribution in [2.24, 2.45) is 0 Å². The molecule has 0 radical (unpaired) electrons. The lowest BCUT2D eigenvalue weighted by Crippen LogP contribution is -2.37. The number of thioether (sulfide) groups is 1. The number of amides is 1. The van der Waals surface area contributed by atoms with E-state index in [1.165, 1.54) is 22.9 Å². The molecule has 0 saturated heterocycles. The lowest BCUT2D eigenvalue weighted by molar-refractivity contribution is -0.129. The van der Waals surface area contributed by atoms with Gasteiger partial charge in [-0.3, -0.25) is 4.79 Å². The Kier molecular flexibility index (Phi) is 6.31. The fraction of sp³-hybridized carbons (Fsp3) is 0.318. The van der Waals surface area contributed by atoms with Crippen LogP contribution in [0.3, 0.4) is 0 Å². The number of carbonyl (C=O) groups excluding carboxylic acids is 1. The predicted molar refractivity (Wildman–Crippen MR) is 116 cm³/mol. The van der Waals surface area contributed by atoms with E-state index in [0.29, 0.717) is 40.5 Å². The van der Waals surface area contributed by atoms with E-state index in [1.807, 2.05) is 17.0 Å².